The largest absolute Gasteiger partial charge is 0.354 e. The Bertz CT molecular complexity index is 839. The highest BCUT2D eigenvalue weighted by atomic mass is 79.9. The van der Waals surface area contributed by atoms with Crippen LogP contribution in [0.25, 0.3) is 0 Å². The van der Waals surface area contributed by atoms with Crippen molar-refractivity contribution in [2.45, 2.75) is 46.0 Å². The molecular formula is C24H31BrN2O2S. The number of rotatable bonds is 10. The van der Waals surface area contributed by atoms with Gasteiger partial charge in [-0.05, 0) is 43.0 Å². The molecule has 0 aliphatic heterocycles. The van der Waals surface area contributed by atoms with E-state index in [1.54, 1.807) is 23.6 Å². The summed E-state index contributed by atoms with van der Waals surface area (Å²) in [6.45, 7) is 8.99. The molecular weight excluding hydrogens is 460 g/mol. The molecule has 0 aliphatic carbocycles. The van der Waals surface area contributed by atoms with Crippen LogP contribution in [0.3, 0.4) is 0 Å². The number of aryl methyl sites for hydroxylation is 1. The van der Waals surface area contributed by atoms with Crippen molar-refractivity contribution in [1.29, 1.82) is 0 Å². The highest BCUT2D eigenvalue weighted by Gasteiger charge is 2.26. The predicted molar refractivity (Wildman–Crippen MR) is 129 cm³/mol. The van der Waals surface area contributed by atoms with Gasteiger partial charge in [-0.2, -0.15) is 0 Å². The Morgan fingerprint density at radius 3 is 2.40 bits per heavy atom. The van der Waals surface area contributed by atoms with Crippen LogP contribution in [0.15, 0.2) is 53.0 Å². The maximum Gasteiger partial charge on any atom is 0.242 e. The van der Waals surface area contributed by atoms with Crippen molar-refractivity contribution >= 4 is 39.5 Å². The van der Waals surface area contributed by atoms with E-state index < -0.39 is 6.04 Å². The number of hydrogen-bond donors (Lipinski definition) is 1. The van der Waals surface area contributed by atoms with E-state index in [4.69, 9.17) is 0 Å². The Kier molecular flexibility index (Phi) is 9.92. The Hall–Kier alpha value is -1.79. The third kappa shape index (κ3) is 8.15. The van der Waals surface area contributed by atoms with Gasteiger partial charge in [0.2, 0.25) is 11.8 Å². The zero-order chi connectivity index (χ0) is 22.1. The van der Waals surface area contributed by atoms with Gasteiger partial charge in [0.25, 0.3) is 0 Å². The molecule has 4 nitrogen and oxygen atoms in total. The van der Waals surface area contributed by atoms with Crippen LogP contribution in [-0.2, 0) is 21.9 Å². The lowest BCUT2D eigenvalue weighted by Crippen LogP contribution is -2.48. The molecule has 0 heterocycles. The van der Waals surface area contributed by atoms with Crippen LogP contribution in [0.2, 0.25) is 0 Å². The summed E-state index contributed by atoms with van der Waals surface area (Å²) >= 11 is 5.02. The first kappa shape index (κ1) is 24.5. The van der Waals surface area contributed by atoms with E-state index in [0.717, 1.165) is 15.8 Å². The lowest BCUT2D eigenvalue weighted by Gasteiger charge is -2.29. The fourth-order valence-electron chi connectivity index (χ4n) is 2.96. The topological polar surface area (TPSA) is 49.4 Å². The summed E-state index contributed by atoms with van der Waals surface area (Å²) in [5, 5.41) is 2.95. The Morgan fingerprint density at radius 1 is 1.07 bits per heavy atom. The SMILES string of the molecule is Cc1cccc(CSCC(=O)N(Cc2ccc(Br)cc2)[C@H](C)C(=O)NCC(C)C)c1. The molecule has 0 saturated carbocycles. The van der Waals surface area contributed by atoms with Crippen LogP contribution in [0, 0.1) is 12.8 Å². The van der Waals surface area contributed by atoms with E-state index in [-0.39, 0.29) is 11.8 Å². The smallest absolute Gasteiger partial charge is 0.242 e. The van der Waals surface area contributed by atoms with E-state index in [1.807, 2.05) is 30.3 Å². The molecule has 6 heteroatoms. The van der Waals surface area contributed by atoms with E-state index in [1.165, 1.54) is 11.1 Å². The van der Waals surface area contributed by atoms with Crippen molar-refractivity contribution in [3.63, 3.8) is 0 Å². The minimum Gasteiger partial charge on any atom is -0.354 e. The highest BCUT2D eigenvalue weighted by Crippen LogP contribution is 2.18. The minimum absolute atomic E-state index is 0.0252. The molecule has 0 aliphatic rings. The van der Waals surface area contributed by atoms with Gasteiger partial charge in [0.05, 0.1) is 5.75 Å². The summed E-state index contributed by atoms with van der Waals surface area (Å²) in [6, 6.07) is 15.6. The van der Waals surface area contributed by atoms with Crippen molar-refractivity contribution in [1.82, 2.24) is 10.2 Å². The van der Waals surface area contributed by atoms with Crippen LogP contribution in [0.1, 0.15) is 37.5 Å². The average Bonchev–Trinajstić information content (AvgIpc) is 2.71. The summed E-state index contributed by atoms with van der Waals surface area (Å²) < 4.78 is 0.987. The van der Waals surface area contributed by atoms with Gasteiger partial charge in [0, 0.05) is 23.3 Å². The number of nitrogens with one attached hydrogen (secondary N) is 1. The fourth-order valence-corrected chi connectivity index (χ4v) is 4.08. The lowest BCUT2D eigenvalue weighted by atomic mass is 10.1. The Morgan fingerprint density at radius 2 is 1.77 bits per heavy atom. The monoisotopic (exact) mass is 490 g/mol. The molecule has 0 fully saturated rings. The summed E-state index contributed by atoms with van der Waals surface area (Å²) in [7, 11) is 0. The number of benzene rings is 2. The van der Waals surface area contributed by atoms with E-state index >= 15 is 0 Å². The van der Waals surface area contributed by atoms with Crippen molar-refractivity contribution in [3.05, 3.63) is 69.7 Å². The van der Waals surface area contributed by atoms with Crippen LogP contribution in [0.5, 0.6) is 0 Å². The number of hydrogen-bond acceptors (Lipinski definition) is 3. The molecule has 30 heavy (non-hydrogen) atoms. The van der Waals surface area contributed by atoms with Crippen LogP contribution in [0.4, 0.5) is 0 Å². The number of nitrogens with zero attached hydrogens (tertiary/aromatic N) is 1. The lowest BCUT2D eigenvalue weighted by molar-refractivity contribution is -0.138. The van der Waals surface area contributed by atoms with E-state index in [9.17, 15) is 9.59 Å². The zero-order valence-corrected chi connectivity index (χ0v) is 20.6. The number of amides is 2. The predicted octanol–water partition coefficient (Wildman–Crippen LogP) is 5.18. The van der Waals surface area contributed by atoms with Crippen LogP contribution >= 0.6 is 27.7 Å². The summed E-state index contributed by atoms with van der Waals surface area (Å²) in [5.41, 5.74) is 3.42. The third-order valence-electron chi connectivity index (χ3n) is 4.69. The van der Waals surface area contributed by atoms with Crippen molar-refractivity contribution in [2.24, 2.45) is 5.92 Å². The van der Waals surface area contributed by atoms with Crippen molar-refractivity contribution in [2.75, 3.05) is 12.3 Å². The second-order valence-corrected chi connectivity index (χ2v) is 9.85. The third-order valence-corrected chi connectivity index (χ3v) is 6.21. The van der Waals surface area contributed by atoms with E-state index in [2.05, 4.69) is 60.2 Å². The molecule has 1 N–H and O–H groups in total. The van der Waals surface area contributed by atoms with Gasteiger partial charge in [0.1, 0.15) is 6.04 Å². The molecule has 0 radical (unpaired) electrons. The van der Waals surface area contributed by atoms with Crippen LogP contribution in [-0.4, -0.2) is 35.1 Å². The standard InChI is InChI=1S/C24H31BrN2O2S/c1-17(2)13-26-24(29)19(4)27(14-20-8-10-22(25)11-9-20)23(28)16-30-15-21-7-5-6-18(3)12-21/h5-12,17,19H,13-16H2,1-4H3,(H,26,29)/t19-/m1/s1. The molecule has 2 aromatic rings. The number of carbonyl (C=O) groups excluding carboxylic acids is 2. The zero-order valence-electron chi connectivity index (χ0n) is 18.2. The Labute approximate surface area is 192 Å². The second kappa shape index (κ2) is 12.2. The molecule has 2 aromatic carbocycles. The number of halogens is 1. The first-order valence-electron chi connectivity index (χ1n) is 10.2. The summed E-state index contributed by atoms with van der Waals surface area (Å²) in [5.74, 6) is 1.34. The normalized spacial score (nSPS) is 11.9. The highest BCUT2D eigenvalue weighted by molar-refractivity contribution is 9.10. The molecule has 0 aromatic heterocycles. The average molecular weight is 491 g/mol. The van der Waals surface area contributed by atoms with Gasteiger partial charge >= 0.3 is 0 Å². The van der Waals surface area contributed by atoms with Gasteiger partial charge in [-0.25, -0.2) is 0 Å². The maximum absolute atomic E-state index is 13.1. The first-order chi connectivity index (χ1) is 14.3. The molecule has 0 spiro atoms. The summed E-state index contributed by atoms with van der Waals surface area (Å²) in [4.78, 5) is 27.4. The molecule has 162 valence electrons. The van der Waals surface area contributed by atoms with Gasteiger partial charge in [-0.3, -0.25) is 9.59 Å². The fraction of sp³-hybridized carbons (Fsp3) is 0.417. The molecule has 1 atom stereocenters. The van der Waals surface area contributed by atoms with Gasteiger partial charge in [-0.1, -0.05) is 71.7 Å². The maximum atomic E-state index is 13.1. The molecule has 0 saturated heterocycles. The minimum atomic E-state index is -0.528. The number of carbonyl (C=O) groups is 2. The first-order valence-corrected chi connectivity index (χ1v) is 12.2. The molecule has 0 bridgehead atoms. The van der Waals surface area contributed by atoms with Gasteiger partial charge < -0.3 is 10.2 Å². The molecule has 0 unspecified atom stereocenters. The van der Waals surface area contributed by atoms with Crippen molar-refractivity contribution < 1.29 is 9.59 Å². The second-order valence-electron chi connectivity index (χ2n) is 7.94. The van der Waals surface area contributed by atoms with Crippen molar-refractivity contribution in [3.8, 4) is 0 Å². The Balaban J connectivity index is 2.05. The van der Waals surface area contributed by atoms with Gasteiger partial charge in [-0.15, -0.1) is 11.8 Å². The quantitative estimate of drug-likeness (QED) is 0.498. The molecule has 2 amide bonds. The number of thioether (sulfide) groups is 1. The van der Waals surface area contributed by atoms with Gasteiger partial charge in [0.15, 0.2) is 0 Å². The van der Waals surface area contributed by atoms with Crippen LogP contribution < -0.4 is 5.32 Å². The molecule has 2 rings (SSSR count). The summed E-state index contributed by atoms with van der Waals surface area (Å²) in [6.07, 6.45) is 0. The van der Waals surface area contributed by atoms with E-state index in [0.29, 0.717) is 24.8 Å².